The molecule has 0 radical (unpaired) electrons. The van der Waals surface area contributed by atoms with Gasteiger partial charge in [0.25, 0.3) is 0 Å². The summed E-state index contributed by atoms with van der Waals surface area (Å²) in [7, 11) is 0. The van der Waals surface area contributed by atoms with Crippen LogP contribution < -0.4 is 10.1 Å². The molecule has 0 aromatic heterocycles. The van der Waals surface area contributed by atoms with Gasteiger partial charge in [0.2, 0.25) is 0 Å². The number of ether oxygens (including phenoxy) is 1. The molecule has 1 aliphatic rings. The summed E-state index contributed by atoms with van der Waals surface area (Å²) in [6.07, 6.45) is 6.85. The average Bonchev–Trinajstić information content (AvgIpc) is 2.47. The van der Waals surface area contributed by atoms with Crippen LogP contribution in [-0.2, 0) is 6.54 Å². The van der Waals surface area contributed by atoms with Gasteiger partial charge in [-0.05, 0) is 49.3 Å². The van der Waals surface area contributed by atoms with Gasteiger partial charge in [0, 0.05) is 12.6 Å². The van der Waals surface area contributed by atoms with E-state index >= 15 is 0 Å². The minimum Gasteiger partial charge on any atom is -0.490 e. The zero-order valence-corrected chi connectivity index (χ0v) is 13.2. The highest BCUT2D eigenvalue weighted by atomic mass is 16.5. The van der Waals surface area contributed by atoms with Gasteiger partial charge in [-0.3, -0.25) is 0 Å². The van der Waals surface area contributed by atoms with Crippen molar-refractivity contribution in [3.63, 3.8) is 0 Å². The summed E-state index contributed by atoms with van der Waals surface area (Å²) >= 11 is 0. The predicted octanol–water partition coefficient (Wildman–Crippen LogP) is 4.53. The highest BCUT2D eigenvalue weighted by Crippen LogP contribution is 2.29. The molecule has 0 bridgehead atoms. The monoisotopic (exact) mass is 275 g/mol. The van der Waals surface area contributed by atoms with E-state index in [-0.39, 0.29) is 0 Å². The molecule has 2 heteroatoms. The van der Waals surface area contributed by atoms with E-state index in [1.54, 1.807) is 0 Å². The maximum absolute atomic E-state index is 6.11. The smallest absolute Gasteiger partial charge is 0.119 e. The summed E-state index contributed by atoms with van der Waals surface area (Å²) in [6, 6.07) is 9.09. The zero-order valence-electron chi connectivity index (χ0n) is 13.2. The van der Waals surface area contributed by atoms with Gasteiger partial charge in [-0.15, -0.1) is 0 Å². The molecule has 1 aromatic carbocycles. The minimum atomic E-state index is 0.428. The fourth-order valence-corrected chi connectivity index (χ4v) is 2.86. The molecule has 0 unspecified atom stereocenters. The third-order valence-corrected chi connectivity index (χ3v) is 4.31. The normalized spacial score (nSPS) is 23.0. The first-order chi connectivity index (χ1) is 9.67. The number of nitrogens with one attached hydrogen (secondary N) is 1. The Balaban J connectivity index is 1.79. The van der Waals surface area contributed by atoms with Gasteiger partial charge in [-0.2, -0.15) is 0 Å². The largest absolute Gasteiger partial charge is 0.490 e. The quantitative estimate of drug-likeness (QED) is 0.823. The topological polar surface area (TPSA) is 21.3 Å². The summed E-state index contributed by atoms with van der Waals surface area (Å²) in [5, 5.41) is 3.43. The standard InChI is InChI=1S/C18H29NO/c1-4-15-5-9-17(10-6-15)20-18-11-7-16(8-12-18)13-19-14(2)3/h7-8,11-12,14-15,17,19H,4-6,9-10,13H2,1-3H3. The van der Waals surface area contributed by atoms with E-state index in [0.29, 0.717) is 12.1 Å². The Labute approximate surface area is 123 Å². The van der Waals surface area contributed by atoms with Crippen LogP contribution in [0.5, 0.6) is 5.75 Å². The fraction of sp³-hybridized carbons (Fsp3) is 0.667. The molecule has 0 atom stereocenters. The van der Waals surface area contributed by atoms with Crippen molar-refractivity contribution in [1.82, 2.24) is 5.32 Å². The molecule has 1 fully saturated rings. The van der Waals surface area contributed by atoms with Crippen molar-refractivity contribution in [1.29, 1.82) is 0 Å². The Bertz CT molecular complexity index is 377. The van der Waals surface area contributed by atoms with Crippen LogP contribution in [-0.4, -0.2) is 12.1 Å². The molecular formula is C18H29NO. The van der Waals surface area contributed by atoms with Gasteiger partial charge in [0.1, 0.15) is 5.75 Å². The second-order valence-corrected chi connectivity index (χ2v) is 6.35. The maximum atomic E-state index is 6.11. The van der Waals surface area contributed by atoms with Crippen molar-refractivity contribution >= 4 is 0 Å². The van der Waals surface area contributed by atoms with E-state index in [1.165, 1.54) is 37.7 Å². The van der Waals surface area contributed by atoms with Gasteiger partial charge in [0.15, 0.2) is 0 Å². The van der Waals surface area contributed by atoms with Crippen molar-refractivity contribution in [3.05, 3.63) is 29.8 Å². The van der Waals surface area contributed by atoms with Gasteiger partial charge in [0.05, 0.1) is 6.10 Å². The molecule has 1 aliphatic carbocycles. The molecule has 0 spiro atoms. The fourth-order valence-electron chi connectivity index (χ4n) is 2.86. The molecule has 1 aromatic rings. The number of hydrogen-bond donors (Lipinski definition) is 1. The lowest BCUT2D eigenvalue weighted by atomic mass is 9.86. The lowest BCUT2D eigenvalue weighted by molar-refractivity contribution is 0.130. The summed E-state index contributed by atoms with van der Waals surface area (Å²) in [5.41, 5.74) is 1.32. The number of rotatable bonds is 6. The van der Waals surface area contributed by atoms with Crippen molar-refractivity contribution < 1.29 is 4.74 Å². The Morgan fingerprint density at radius 2 is 1.75 bits per heavy atom. The van der Waals surface area contributed by atoms with Crippen LogP contribution in [0.2, 0.25) is 0 Å². The Morgan fingerprint density at radius 3 is 2.30 bits per heavy atom. The SMILES string of the molecule is CCC1CCC(Oc2ccc(CNC(C)C)cc2)CC1. The van der Waals surface area contributed by atoms with Crippen LogP contribution in [0.15, 0.2) is 24.3 Å². The molecule has 1 N–H and O–H groups in total. The average molecular weight is 275 g/mol. The second kappa shape index (κ2) is 7.68. The summed E-state index contributed by atoms with van der Waals surface area (Å²) < 4.78 is 6.11. The van der Waals surface area contributed by atoms with E-state index in [9.17, 15) is 0 Å². The Hall–Kier alpha value is -1.02. The molecule has 1 saturated carbocycles. The van der Waals surface area contributed by atoms with E-state index in [1.807, 2.05) is 0 Å². The van der Waals surface area contributed by atoms with E-state index in [0.717, 1.165) is 18.2 Å². The van der Waals surface area contributed by atoms with Crippen LogP contribution in [0.3, 0.4) is 0 Å². The van der Waals surface area contributed by atoms with Crippen molar-refractivity contribution in [2.45, 2.75) is 71.6 Å². The van der Waals surface area contributed by atoms with Crippen molar-refractivity contribution in [3.8, 4) is 5.75 Å². The summed E-state index contributed by atoms with van der Waals surface area (Å²) in [6.45, 7) is 7.57. The third-order valence-electron chi connectivity index (χ3n) is 4.31. The highest BCUT2D eigenvalue weighted by molar-refractivity contribution is 5.27. The maximum Gasteiger partial charge on any atom is 0.119 e. The molecule has 0 saturated heterocycles. The van der Waals surface area contributed by atoms with E-state index in [4.69, 9.17) is 4.74 Å². The summed E-state index contributed by atoms with van der Waals surface area (Å²) in [5.74, 6) is 1.96. The van der Waals surface area contributed by atoms with Gasteiger partial charge in [-0.1, -0.05) is 39.3 Å². The third kappa shape index (κ3) is 4.82. The molecule has 112 valence electrons. The van der Waals surface area contributed by atoms with Gasteiger partial charge >= 0.3 is 0 Å². The molecular weight excluding hydrogens is 246 g/mol. The first-order valence-corrected chi connectivity index (χ1v) is 8.16. The van der Waals surface area contributed by atoms with Crippen LogP contribution in [0.1, 0.15) is 58.4 Å². The highest BCUT2D eigenvalue weighted by Gasteiger charge is 2.21. The first-order valence-electron chi connectivity index (χ1n) is 8.16. The predicted molar refractivity (Wildman–Crippen MR) is 85.1 cm³/mol. The molecule has 2 nitrogen and oxygen atoms in total. The molecule has 20 heavy (non-hydrogen) atoms. The zero-order chi connectivity index (χ0) is 14.4. The second-order valence-electron chi connectivity index (χ2n) is 6.35. The molecule has 2 rings (SSSR count). The molecule has 0 amide bonds. The number of hydrogen-bond acceptors (Lipinski definition) is 2. The molecule has 0 aliphatic heterocycles. The van der Waals surface area contributed by atoms with Crippen LogP contribution >= 0.6 is 0 Å². The first kappa shape index (κ1) is 15.4. The number of benzene rings is 1. The van der Waals surface area contributed by atoms with Crippen molar-refractivity contribution in [2.75, 3.05) is 0 Å². The lowest BCUT2D eigenvalue weighted by Gasteiger charge is -2.28. The van der Waals surface area contributed by atoms with Crippen LogP contribution in [0, 0.1) is 5.92 Å². The minimum absolute atomic E-state index is 0.428. The van der Waals surface area contributed by atoms with Gasteiger partial charge in [-0.25, -0.2) is 0 Å². The van der Waals surface area contributed by atoms with E-state index < -0.39 is 0 Å². The lowest BCUT2D eigenvalue weighted by Crippen LogP contribution is -2.24. The Morgan fingerprint density at radius 1 is 1.10 bits per heavy atom. The Kier molecular flexibility index (Phi) is 5.90. The van der Waals surface area contributed by atoms with Crippen molar-refractivity contribution in [2.24, 2.45) is 5.92 Å². The van der Waals surface area contributed by atoms with Gasteiger partial charge < -0.3 is 10.1 Å². The van der Waals surface area contributed by atoms with Crippen LogP contribution in [0.25, 0.3) is 0 Å². The molecule has 0 heterocycles. The summed E-state index contributed by atoms with van der Waals surface area (Å²) in [4.78, 5) is 0. The van der Waals surface area contributed by atoms with E-state index in [2.05, 4.69) is 50.4 Å². The van der Waals surface area contributed by atoms with Crippen LogP contribution in [0.4, 0.5) is 0 Å².